The van der Waals surface area contributed by atoms with Gasteiger partial charge in [0.15, 0.2) is 10.8 Å². The van der Waals surface area contributed by atoms with E-state index in [1.54, 1.807) is 30.9 Å². The zero-order valence-electron chi connectivity index (χ0n) is 21.6. The molecule has 0 aliphatic heterocycles. The molecule has 1 aliphatic carbocycles. The van der Waals surface area contributed by atoms with E-state index in [9.17, 15) is 9.18 Å². The molecule has 1 aliphatic rings. The number of rotatable bonds is 6. The highest BCUT2D eigenvalue weighted by atomic mass is 32.1. The van der Waals surface area contributed by atoms with Crippen molar-refractivity contribution in [1.29, 1.82) is 0 Å². The van der Waals surface area contributed by atoms with Crippen molar-refractivity contribution in [3.63, 3.8) is 0 Å². The summed E-state index contributed by atoms with van der Waals surface area (Å²) in [6.07, 6.45) is 13.4. The van der Waals surface area contributed by atoms with E-state index < -0.39 is 0 Å². The maximum Gasteiger partial charge on any atom is 0.224 e. The number of carbonyl (C=O) groups is 1. The molecule has 1 amide bonds. The summed E-state index contributed by atoms with van der Waals surface area (Å²) in [5, 5.41) is 12.1. The van der Waals surface area contributed by atoms with Crippen LogP contribution in [0.3, 0.4) is 0 Å². The molecule has 3 N–H and O–H groups in total. The second kappa shape index (κ2) is 10.3. The van der Waals surface area contributed by atoms with Crippen LogP contribution in [-0.4, -0.2) is 36.0 Å². The van der Waals surface area contributed by atoms with E-state index in [1.165, 1.54) is 25.3 Å². The Balaban J connectivity index is 1.19. The van der Waals surface area contributed by atoms with Crippen LogP contribution in [0.25, 0.3) is 55.0 Å². The Hall–Kier alpha value is -4.44. The van der Waals surface area contributed by atoms with Gasteiger partial charge in [-0.25, -0.2) is 9.97 Å². The Kier molecular flexibility index (Phi) is 6.31. The van der Waals surface area contributed by atoms with Gasteiger partial charge in [0.1, 0.15) is 11.3 Å². The molecule has 0 bridgehead atoms. The predicted molar refractivity (Wildman–Crippen MR) is 155 cm³/mol. The molecule has 7 rings (SSSR count). The number of amides is 1. The fraction of sp³-hybridized carbons (Fsp3) is 0.233. The highest BCUT2D eigenvalue weighted by Gasteiger charge is 2.18. The minimum absolute atomic E-state index is 0.0358. The fourth-order valence-corrected chi connectivity index (χ4v) is 6.40. The lowest BCUT2D eigenvalue weighted by Gasteiger charge is -2.20. The second-order valence-electron chi connectivity index (χ2n) is 10.3. The van der Waals surface area contributed by atoms with Gasteiger partial charge in [0.25, 0.3) is 0 Å². The Morgan fingerprint density at radius 2 is 1.85 bits per heavy atom. The number of aromatic nitrogens is 6. The van der Waals surface area contributed by atoms with Gasteiger partial charge in [0.2, 0.25) is 5.91 Å². The van der Waals surface area contributed by atoms with Gasteiger partial charge in [-0.3, -0.25) is 14.9 Å². The van der Waals surface area contributed by atoms with E-state index in [-0.39, 0.29) is 11.0 Å². The molecular formula is C30H26FN7OS. The number of aromatic amines is 2. The molecule has 6 aromatic heterocycles. The summed E-state index contributed by atoms with van der Waals surface area (Å²) in [5.74, 6) is 0.507. The summed E-state index contributed by atoms with van der Waals surface area (Å²) in [4.78, 5) is 30.3. The molecule has 0 radical (unpaired) electrons. The van der Waals surface area contributed by atoms with Crippen LogP contribution in [0.2, 0.25) is 0 Å². The molecule has 0 saturated heterocycles. The van der Waals surface area contributed by atoms with Crippen LogP contribution >= 0.6 is 11.3 Å². The molecule has 8 nitrogen and oxygen atoms in total. The quantitative estimate of drug-likeness (QED) is 0.200. The number of nitrogens with zero attached hydrogens (tertiary/aromatic N) is 4. The average molecular weight is 552 g/mol. The lowest BCUT2D eigenvalue weighted by Crippen LogP contribution is -2.18. The first-order chi connectivity index (χ1) is 19.6. The Morgan fingerprint density at radius 1 is 0.975 bits per heavy atom. The Bertz CT molecular complexity index is 1850. The van der Waals surface area contributed by atoms with Gasteiger partial charge in [0, 0.05) is 57.4 Å². The molecular weight excluding hydrogens is 525 g/mol. The Morgan fingerprint density at radius 3 is 2.70 bits per heavy atom. The van der Waals surface area contributed by atoms with Crippen molar-refractivity contribution in [3.05, 3.63) is 66.3 Å². The first-order valence-electron chi connectivity index (χ1n) is 13.4. The number of halogens is 1. The second-order valence-corrected chi connectivity index (χ2v) is 11.4. The zero-order chi connectivity index (χ0) is 27.1. The van der Waals surface area contributed by atoms with Gasteiger partial charge < -0.3 is 10.3 Å². The largest absolute Gasteiger partial charge is 0.338 e. The number of carbonyl (C=O) groups excluding carboxylic acids is 1. The van der Waals surface area contributed by atoms with Crippen LogP contribution in [0, 0.1) is 11.0 Å². The minimum atomic E-state index is -0.227. The third-order valence-electron chi connectivity index (χ3n) is 7.60. The Labute approximate surface area is 233 Å². The number of pyridine rings is 3. The maximum absolute atomic E-state index is 13.7. The van der Waals surface area contributed by atoms with Crippen molar-refractivity contribution in [2.45, 2.75) is 38.5 Å². The van der Waals surface area contributed by atoms with Crippen molar-refractivity contribution in [2.24, 2.45) is 5.92 Å². The number of hydrogen-bond donors (Lipinski definition) is 3. The van der Waals surface area contributed by atoms with Crippen LogP contribution in [0.4, 0.5) is 10.1 Å². The highest BCUT2D eigenvalue weighted by molar-refractivity contribution is 7.14. The lowest BCUT2D eigenvalue weighted by atomic mass is 9.87. The SMILES string of the molecule is O=C(CC1CCCCC1)Nc1cncc(-c2cnc3[nH]nc(-c4cc5c(-c6ccc(F)s6)ccnc5[nH]4)c3c2)c1. The minimum Gasteiger partial charge on any atom is -0.338 e. The molecule has 1 fully saturated rings. The van der Waals surface area contributed by atoms with Gasteiger partial charge in [-0.15, -0.1) is 11.3 Å². The van der Waals surface area contributed by atoms with Crippen LogP contribution < -0.4 is 5.32 Å². The van der Waals surface area contributed by atoms with Crippen LogP contribution in [0.15, 0.2) is 61.2 Å². The van der Waals surface area contributed by atoms with Crippen molar-refractivity contribution >= 4 is 45.0 Å². The van der Waals surface area contributed by atoms with Crippen molar-refractivity contribution < 1.29 is 9.18 Å². The third-order valence-corrected chi connectivity index (χ3v) is 8.50. The molecule has 0 spiro atoms. The van der Waals surface area contributed by atoms with Gasteiger partial charge in [-0.1, -0.05) is 19.3 Å². The number of H-pyrrole nitrogens is 2. The van der Waals surface area contributed by atoms with Crippen molar-refractivity contribution in [2.75, 3.05) is 5.32 Å². The van der Waals surface area contributed by atoms with Crippen LogP contribution in [0.1, 0.15) is 38.5 Å². The molecule has 6 aromatic rings. The summed E-state index contributed by atoms with van der Waals surface area (Å²) in [5.41, 5.74) is 6.11. The van der Waals surface area contributed by atoms with Crippen molar-refractivity contribution in [3.8, 4) is 33.0 Å². The first kappa shape index (κ1) is 24.6. The third kappa shape index (κ3) is 4.75. The maximum atomic E-state index is 13.7. The number of hydrogen-bond acceptors (Lipinski definition) is 6. The van der Waals surface area contributed by atoms with Gasteiger partial charge in [-0.05, 0) is 55.2 Å². The summed E-state index contributed by atoms with van der Waals surface area (Å²) in [7, 11) is 0. The molecule has 10 heteroatoms. The smallest absolute Gasteiger partial charge is 0.224 e. The molecule has 40 heavy (non-hydrogen) atoms. The molecule has 0 atom stereocenters. The van der Waals surface area contributed by atoms with Gasteiger partial charge in [0.05, 0.1) is 17.6 Å². The van der Waals surface area contributed by atoms with Gasteiger partial charge >= 0.3 is 0 Å². The summed E-state index contributed by atoms with van der Waals surface area (Å²) in [6.45, 7) is 0. The standard InChI is InChI=1S/C30H26FN7OS/c31-26-7-6-25(40-26)21-8-9-33-29-22(21)13-24(36-29)28-23-12-19(15-34-30(23)38-37-28)18-11-20(16-32-14-18)35-27(39)10-17-4-2-1-3-5-17/h6-9,11-17H,1-5,10H2,(H,33,36)(H,35,39)(H,34,37,38). The van der Waals surface area contributed by atoms with Gasteiger partial charge in [-0.2, -0.15) is 9.49 Å². The normalized spacial score (nSPS) is 14.2. The first-order valence-corrected chi connectivity index (χ1v) is 14.3. The average Bonchev–Trinajstić information content (AvgIpc) is 3.71. The topological polar surface area (TPSA) is 112 Å². The molecule has 200 valence electrons. The fourth-order valence-electron chi connectivity index (χ4n) is 5.63. The number of nitrogens with one attached hydrogen (secondary N) is 3. The van der Waals surface area contributed by atoms with Crippen LogP contribution in [0.5, 0.6) is 0 Å². The predicted octanol–water partition coefficient (Wildman–Crippen LogP) is 7.34. The summed E-state index contributed by atoms with van der Waals surface area (Å²) in [6, 6.07) is 11.1. The monoisotopic (exact) mass is 551 g/mol. The van der Waals surface area contributed by atoms with E-state index in [4.69, 9.17) is 0 Å². The molecule has 0 aromatic carbocycles. The number of anilines is 1. The molecule has 6 heterocycles. The van der Waals surface area contributed by atoms with E-state index in [0.29, 0.717) is 35.0 Å². The number of fused-ring (bicyclic) bond motifs is 2. The number of thiophene rings is 1. The highest BCUT2D eigenvalue weighted by Crippen LogP contribution is 2.36. The van der Waals surface area contributed by atoms with Crippen LogP contribution in [-0.2, 0) is 4.79 Å². The zero-order valence-corrected chi connectivity index (χ0v) is 22.4. The lowest BCUT2D eigenvalue weighted by molar-refractivity contribution is -0.117. The van der Waals surface area contributed by atoms with E-state index >= 15 is 0 Å². The van der Waals surface area contributed by atoms with E-state index in [2.05, 4.69) is 35.5 Å². The summed E-state index contributed by atoms with van der Waals surface area (Å²) < 4.78 is 13.7. The summed E-state index contributed by atoms with van der Waals surface area (Å²) >= 11 is 1.11. The van der Waals surface area contributed by atoms with E-state index in [1.807, 2.05) is 24.3 Å². The molecule has 0 unspecified atom stereocenters. The molecule has 1 saturated carbocycles. The van der Waals surface area contributed by atoms with E-state index in [0.717, 1.165) is 62.2 Å². The van der Waals surface area contributed by atoms with Crippen molar-refractivity contribution in [1.82, 2.24) is 30.1 Å².